The molecule has 1 atom stereocenters. The standard InChI is InChI=1S/C16H16N4O3S2/c21-13-4-3-10(17-13)15(23)20-6-5-9-12(8-20)25-16(18-9)19-14(22)11-2-1-7-24-11/h1-2,7,10H,3-6,8H2,(H,17,21)(H,18,19,22). The monoisotopic (exact) mass is 376 g/mol. The second kappa shape index (κ2) is 6.57. The first-order chi connectivity index (χ1) is 12.1. The van der Waals surface area contributed by atoms with Crippen LogP contribution in [0.2, 0.25) is 0 Å². The molecule has 3 amide bonds. The van der Waals surface area contributed by atoms with Crippen molar-refractivity contribution in [3.63, 3.8) is 0 Å². The van der Waals surface area contributed by atoms with E-state index in [0.717, 1.165) is 10.6 Å². The Kier molecular flexibility index (Phi) is 4.26. The number of hydrogen-bond donors (Lipinski definition) is 2. The Hall–Kier alpha value is -2.26. The number of nitrogens with one attached hydrogen (secondary N) is 2. The van der Waals surface area contributed by atoms with Gasteiger partial charge in [-0.3, -0.25) is 19.7 Å². The van der Waals surface area contributed by atoms with Crippen LogP contribution in [0.25, 0.3) is 0 Å². The van der Waals surface area contributed by atoms with Crippen molar-refractivity contribution in [2.45, 2.75) is 31.8 Å². The number of nitrogens with zero attached hydrogens (tertiary/aromatic N) is 2. The lowest BCUT2D eigenvalue weighted by molar-refractivity contribution is -0.135. The van der Waals surface area contributed by atoms with Gasteiger partial charge in [0.05, 0.1) is 17.1 Å². The van der Waals surface area contributed by atoms with Crippen molar-refractivity contribution in [3.05, 3.63) is 33.0 Å². The predicted molar refractivity (Wildman–Crippen MR) is 94.7 cm³/mol. The van der Waals surface area contributed by atoms with Crippen molar-refractivity contribution in [2.75, 3.05) is 11.9 Å². The van der Waals surface area contributed by atoms with Gasteiger partial charge in [0, 0.05) is 24.3 Å². The fraction of sp³-hybridized carbons (Fsp3) is 0.375. The van der Waals surface area contributed by atoms with Gasteiger partial charge in [0.15, 0.2) is 5.13 Å². The Bertz CT molecular complexity index is 831. The topological polar surface area (TPSA) is 91.4 Å². The number of anilines is 1. The Balaban J connectivity index is 1.43. The average Bonchev–Trinajstić information content (AvgIpc) is 3.33. The molecule has 9 heteroatoms. The van der Waals surface area contributed by atoms with Crippen LogP contribution < -0.4 is 10.6 Å². The molecule has 2 aliphatic heterocycles. The Morgan fingerprint density at radius 1 is 1.36 bits per heavy atom. The van der Waals surface area contributed by atoms with Crippen LogP contribution in [0.5, 0.6) is 0 Å². The Morgan fingerprint density at radius 2 is 2.24 bits per heavy atom. The van der Waals surface area contributed by atoms with Crippen molar-refractivity contribution < 1.29 is 14.4 Å². The second-order valence-electron chi connectivity index (χ2n) is 5.99. The summed E-state index contributed by atoms with van der Waals surface area (Å²) >= 11 is 2.79. The first-order valence-electron chi connectivity index (χ1n) is 8.02. The number of carbonyl (C=O) groups is 3. The van der Waals surface area contributed by atoms with E-state index in [2.05, 4.69) is 15.6 Å². The van der Waals surface area contributed by atoms with Crippen molar-refractivity contribution in [3.8, 4) is 0 Å². The number of thiophene rings is 1. The fourth-order valence-corrected chi connectivity index (χ4v) is 4.66. The summed E-state index contributed by atoms with van der Waals surface area (Å²) in [4.78, 5) is 43.8. The number of aromatic nitrogens is 1. The van der Waals surface area contributed by atoms with Crippen molar-refractivity contribution in [1.29, 1.82) is 0 Å². The lowest BCUT2D eigenvalue weighted by Gasteiger charge is -2.28. The summed E-state index contributed by atoms with van der Waals surface area (Å²) in [6, 6.07) is 3.20. The highest BCUT2D eigenvalue weighted by molar-refractivity contribution is 7.16. The van der Waals surface area contributed by atoms with Crippen molar-refractivity contribution in [1.82, 2.24) is 15.2 Å². The molecule has 2 aromatic rings. The summed E-state index contributed by atoms with van der Waals surface area (Å²) in [7, 11) is 0. The number of carbonyl (C=O) groups excluding carboxylic acids is 3. The summed E-state index contributed by atoms with van der Waals surface area (Å²) in [5.41, 5.74) is 0.936. The SMILES string of the molecule is O=C1CCC(C(=O)N2CCc3nc(NC(=O)c4cccs4)sc3C2)N1. The van der Waals surface area contributed by atoms with Crippen LogP contribution in [0.3, 0.4) is 0 Å². The van der Waals surface area contributed by atoms with Gasteiger partial charge in [-0.05, 0) is 17.9 Å². The molecule has 0 bridgehead atoms. The van der Waals surface area contributed by atoms with Gasteiger partial charge >= 0.3 is 0 Å². The first kappa shape index (κ1) is 16.2. The van der Waals surface area contributed by atoms with E-state index in [-0.39, 0.29) is 17.7 Å². The van der Waals surface area contributed by atoms with Gasteiger partial charge in [-0.15, -0.1) is 11.3 Å². The molecule has 0 spiro atoms. The Morgan fingerprint density at radius 3 is 2.96 bits per heavy atom. The molecule has 7 nitrogen and oxygen atoms in total. The molecule has 25 heavy (non-hydrogen) atoms. The zero-order valence-corrected chi connectivity index (χ0v) is 14.9. The van der Waals surface area contributed by atoms with Gasteiger partial charge in [-0.1, -0.05) is 17.4 Å². The highest BCUT2D eigenvalue weighted by atomic mass is 32.1. The lowest BCUT2D eigenvalue weighted by Crippen LogP contribution is -2.46. The Labute approximate surface area is 152 Å². The highest BCUT2D eigenvalue weighted by Crippen LogP contribution is 2.29. The molecule has 1 fully saturated rings. The molecule has 0 aliphatic carbocycles. The van der Waals surface area contributed by atoms with Crippen LogP contribution in [-0.4, -0.2) is 40.2 Å². The number of fused-ring (bicyclic) bond motifs is 1. The summed E-state index contributed by atoms with van der Waals surface area (Å²) in [6.45, 7) is 1.06. The number of amides is 3. The van der Waals surface area contributed by atoms with Gasteiger partial charge in [-0.25, -0.2) is 4.98 Å². The third-order valence-corrected chi connectivity index (χ3v) is 6.17. The van der Waals surface area contributed by atoms with Gasteiger partial charge in [0.1, 0.15) is 6.04 Å². The molecule has 0 saturated carbocycles. The van der Waals surface area contributed by atoms with E-state index in [1.165, 1.54) is 22.7 Å². The van der Waals surface area contributed by atoms with E-state index >= 15 is 0 Å². The van der Waals surface area contributed by atoms with Crippen LogP contribution in [0.15, 0.2) is 17.5 Å². The summed E-state index contributed by atoms with van der Waals surface area (Å²) in [5.74, 6) is -0.260. The zero-order chi connectivity index (χ0) is 17.4. The van der Waals surface area contributed by atoms with E-state index in [4.69, 9.17) is 0 Å². The summed E-state index contributed by atoms with van der Waals surface area (Å²) in [6.07, 6.45) is 1.63. The number of hydrogen-bond acceptors (Lipinski definition) is 6. The van der Waals surface area contributed by atoms with E-state index in [9.17, 15) is 14.4 Å². The van der Waals surface area contributed by atoms with Crippen LogP contribution in [0.4, 0.5) is 5.13 Å². The maximum atomic E-state index is 12.5. The molecule has 1 saturated heterocycles. The van der Waals surface area contributed by atoms with Crippen molar-refractivity contribution >= 4 is 45.5 Å². The largest absolute Gasteiger partial charge is 0.344 e. The van der Waals surface area contributed by atoms with Gasteiger partial charge < -0.3 is 10.2 Å². The number of rotatable bonds is 3. The molecule has 0 aromatic carbocycles. The molecule has 4 heterocycles. The minimum absolute atomic E-state index is 0.0333. The third-order valence-electron chi connectivity index (χ3n) is 4.30. The number of thiazole rings is 1. The predicted octanol–water partition coefficient (Wildman–Crippen LogP) is 1.62. The van der Waals surface area contributed by atoms with E-state index in [1.807, 2.05) is 11.4 Å². The van der Waals surface area contributed by atoms with Crippen LogP contribution >= 0.6 is 22.7 Å². The minimum Gasteiger partial charge on any atom is -0.344 e. The van der Waals surface area contributed by atoms with Crippen molar-refractivity contribution in [2.24, 2.45) is 0 Å². The second-order valence-corrected chi connectivity index (χ2v) is 8.02. The highest BCUT2D eigenvalue weighted by Gasteiger charge is 2.33. The summed E-state index contributed by atoms with van der Waals surface area (Å²) in [5, 5.41) is 7.96. The zero-order valence-electron chi connectivity index (χ0n) is 13.3. The molecule has 0 radical (unpaired) electrons. The van der Waals surface area contributed by atoms with E-state index in [0.29, 0.717) is 42.4 Å². The van der Waals surface area contributed by atoms with Crippen LogP contribution in [-0.2, 0) is 22.6 Å². The van der Waals surface area contributed by atoms with Gasteiger partial charge in [-0.2, -0.15) is 0 Å². The quantitative estimate of drug-likeness (QED) is 0.852. The molecule has 2 N–H and O–H groups in total. The third kappa shape index (κ3) is 3.29. The maximum absolute atomic E-state index is 12.5. The van der Waals surface area contributed by atoms with Crippen LogP contribution in [0, 0.1) is 0 Å². The smallest absolute Gasteiger partial charge is 0.267 e. The van der Waals surface area contributed by atoms with Gasteiger partial charge in [0.2, 0.25) is 11.8 Å². The molecule has 4 rings (SSSR count). The lowest BCUT2D eigenvalue weighted by atomic mass is 10.1. The van der Waals surface area contributed by atoms with E-state index in [1.54, 1.807) is 11.0 Å². The van der Waals surface area contributed by atoms with Crippen LogP contribution in [0.1, 0.15) is 33.1 Å². The molecule has 130 valence electrons. The normalized spacial score (nSPS) is 19.4. The molecule has 1 unspecified atom stereocenters. The molecule has 2 aliphatic rings. The minimum atomic E-state index is -0.403. The molecular formula is C16H16N4O3S2. The first-order valence-corrected chi connectivity index (χ1v) is 9.71. The molecular weight excluding hydrogens is 360 g/mol. The van der Waals surface area contributed by atoms with E-state index < -0.39 is 6.04 Å². The average molecular weight is 376 g/mol. The molecule has 2 aromatic heterocycles. The maximum Gasteiger partial charge on any atom is 0.267 e. The fourth-order valence-electron chi connectivity index (χ4n) is 3.02. The van der Waals surface area contributed by atoms with Gasteiger partial charge in [0.25, 0.3) is 5.91 Å². The summed E-state index contributed by atoms with van der Waals surface area (Å²) < 4.78 is 0.